The second-order valence-electron chi connectivity index (χ2n) is 6.32. The summed E-state index contributed by atoms with van der Waals surface area (Å²) in [5.41, 5.74) is 4.46. The number of fused-ring (bicyclic) bond motifs is 1. The van der Waals surface area contributed by atoms with Crippen LogP contribution in [0.15, 0.2) is 60.9 Å². The van der Waals surface area contributed by atoms with Gasteiger partial charge in [0.2, 0.25) is 5.95 Å². The smallest absolute Gasteiger partial charge is 0.387 e. The molecule has 0 amide bonds. The van der Waals surface area contributed by atoms with Gasteiger partial charge in [-0.2, -0.15) is 13.2 Å². The summed E-state index contributed by atoms with van der Waals surface area (Å²) in [7, 11) is 0. The van der Waals surface area contributed by atoms with Gasteiger partial charge in [0, 0.05) is 36.1 Å². The van der Waals surface area contributed by atoms with Crippen LogP contribution in [0.25, 0.3) is 16.8 Å². The van der Waals surface area contributed by atoms with E-state index in [1.54, 1.807) is 24.3 Å². The maximum absolute atomic E-state index is 13.5. The Labute approximate surface area is 159 Å². The molecule has 0 bridgehead atoms. The molecular weight excluding hydrogens is 367 g/mol. The molecule has 0 aliphatic rings. The van der Waals surface area contributed by atoms with E-state index >= 15 is 0 Å². The summed E-state index contributed by atoms with van der Waals surface area (Å²) in [6, 6.07) is 13.5. The zero-order chi connectivity index (χ0) is 19.7. The number of rotatable bonds is 5. The van der Waals surface area contributed by atoms with Gasteiger partial charge in [0.1, 0.15) is 11.4 Å². The van der Waals surface area contributed by atoms with E-state index in [9.17, 15) is 13.2 Å². The van der Waals surface area contributed by atoms with Gasteiger partial charge in [-0.05, 0) is 42.3 Å². The topological polar surface area (TPSA) is 39.4 Å². The van der Waals surface area contributed by atoms with Gasteiger partial charge in [0.15, 0.2) is 0 Å². The Hall–Kier alpha value is -3.35. The van der Waals surface area contributed by atoms with Gasteiger partial charge in [0.25, 0.3) is 0 Å². The molecule has 0 saturated carbocycles. The van der Waals surface area contributed by atoms with Crippen molar-refractivity contribution in [3.8, 4) is 16.9 Å². The maximum Gasteiger partial charge on any atom is 0.387 e. The summed E-state index contributed by atoms with van der Waals surface area (Å²) in [6.45, 7) is -1.03. The molecule has 4 aromatic rings. The third-order valence-corrected chi connectivity index (χ3v) is 4.52. The number of imidazole rings is 1. The maximum atomic E-state index is 13.5. The lowest BCUT2D eigenvalue weighted by molar-refractivity contribution is -0.0503. The van der Waals surface area contributed by atoms with Crippen LogP contribution in [0.3, 0.4) is 0 Å². The van der Waals surface area contributed by atoms with Crippen LogP contribution in [0.1, 0.15) is 17.0 Å². The van der Waals surface area contributed by atoms with Crippen LogP contribution in [0.2, 0.25) is 0 Å². The largest absolute Gasteiger partial charge is 0.435 e. The van der Waals surface area contributed by atoms with Crippen molar-refractivity contribution < 1.29 is 17.9 Å². The highest BCUT2D eigenvalue weighted by molar-refractivity contribution is 5.64. The standard InChI is InChI=1S/C21H16F3N3O/c1-13-17(10-15-4-2-3-5-18(15)28-21(23)24)27-12-16(6-7-20(27)26-13)14-8-9-25-19(22)11-14/h2-9,11-12,21H,10H2,1H3. The van der Waals surface area contributed by atoms with Gasteiger partial charge >= 0.3 is 6.61 Å². The molecule has 28 heavy (non-hydrogen) atoms. The molecular formula is C21H16F3N3O. The fraction of sp³-hybridized carbons (Fsp3) is 0.143. The number of aryl methyl sites for hydroxylation is 1. The molecule has 0 aliphatic carbocycles. The average molecular weight is 383 g/mol. The highest BCUT2D eigenvalue weighted by Crippen LogP contribution is 2.27. The molecule has 3 heterocycles. The quantitative estimate of drug-likeness (QED) is 0.454. The second kappa shape index (κ2) is 7.34. The number of para-hydroxylation sites is 1. The molecule has 0 N–H and O–H groups in total. The number of hydrogen-bond donors (Lipinski definition) is 0. The number of pyridine rings is 2. The van der Waals surface area contributed by atoms with E-state index in [1.165, 1.54) is 18.3 Å². The predicted octanol–water partition coefficient (Wildman–Crippen LogP) is 5.04. The Bertz CT molecular complexity index is 1140. The van der Waals surface area contributed by atoms with E-state index in [1.807, 2.05) is 29.7 Å². The first-order valence-electron chi connectivity index (χ1n) is 8.63. The van der Waals surface area contributed by atoms with Crippen LogP contribution < -0.4 is 4.74 Å². The summed E-state index contributed by atoms with van der Waals surface area (Å²) < 4.78 is 45.4. The molecule has 0 aliphatic heterocycles. The Balaban J connectivity index is 1.78. The number of nitrogens with zero attached hydrogens (tertiary/aromatic N) is 3. The van der Waals surface area contributed by atoms with E-state index in [2.05, 4.69) is 14.7 Å². The van der Waals surface area contributed by atoms with Crippen molar-refractivity contribution in [2.24, 2.45) is 0 Å². The normalized spacial score (nSPS) is 11.3. The zero-order valence-electron chi connectivity index (χ0n) is 14.9. The lowest BCUT2D eigenvalue weighted by Crippen LogP contribution is -2.05. The fourth-order valence-corrected chi connectivity index (χ4v) is 3.22. The molecule has 4 nitrogen and oxygen atoms in total. The first-order valence-corrected chi connectivity index (χ1v) is 8.63. The minimum absolute atomic E-state index is 0.138. The zero-order valence-corrected chi connectivity index (χ0v) is 14.9. The molecule has 0 fully saturated rings. The number of ether oxygens (including phenoxy) is 1. The van der Waals surface area contributed by atoms with Gasteiger partial charge < -0.3 is 9.14 Å². The van der Waals surface area contributed by atoms with Gasteiger partial charge in [-0.15, -0.1) is 0 Å². The first kappa shape index (κ1) is 18.0. The monoisotopic (exact) mass is 383 g/mol. The van der Waals surface area contributed by atoms with Gasteiger partial charge in [-0.3, -0.25) is 0 Å². The van der Waals surface area contributed by atoms with Gasteiger partial charge in [-0.1, -0.05) is 18.2 Å². The van der Waals surface area contributed by atoms with Crippen molar-refractivity contribution in [1.82, 2.24) is 14.4 Å². The van der Waals surface area contributed by atoms with Crippen molar-refractivity contribution in [2.45, 2.75) is 20.0 Å². The molecule has 0 radical (unpaired) electrons. The predicted molar refractivity (Wildman–Crippen MR) is 99.0 cm³/mol. The van der Waals surface area contributed by atoms with Crippen LogP contribution in [-0.4, -0.2) is 21.0 Å². The number of halogens is 3. The van der Waals surface area contributed by atoms with Crippen LogP contribution in [0.4, 0.5) is 13.2 Å². The molecule has 0 saturated heterocycles. The number of alkyl halides is 2. The molecule has 1 aromatic carbocycles. The molecule has 0 spiro atoms. The van der Waals surface area contributed by atoms with Crippen molar-refractivity contribution >= 4 is 5.65 Å². The van der Waals surface area contributed by atoms with Crippen LogP contribution in [-0.2, 0) is 6.42 Å². The summed E-state index contributed by atoms with van der Waals surface area (Å²) in [6.07, 6.45) is 3.63. The highest BCUT2D eigenvalue weighted by atomic mass is 19.3. The van der Waals surface area contributed by atoms with Crippen molar-refractivity contribution in [3.05, 3.63) is 83.8 Å². The number of hydrogen-bond acceptors (Lipinski definition) is 3. The summed E-state index contributed by atoms with van der Waals surface area (Å²) in [5.74, 6) is -0.420. The van der Waals surface area contributed by atoms with Crippen molar-refractivity contribution in [1.29, 1.82) is 0 Å². The van der Waals surface area contributed by atoms with Crippen LogP contribution in [0.5, 0.6) is 5.75 Å². The number of benzene rings is 1. The summed E-state index contributed by atoms with van der Waals surface area (Å²) >= 11 is 0. The Morgan fingerprint density at radius 1 is 1.07 bits per heavy atom. The van der Waals surface area contributed by atoms with Crippen molar-refractivity contribution in [3.63, 3.8) is 0 Å². The first-order chi connectivity index (χ1) is 13.5. The van der Waals surface area contributed by atoms with Gasteiger partial charge in [-0.25, -0.2) is 9.97 Å². The molecule has 0 atom stereocenters. The lowest BCUT2D eigenvalue weighted by atomic mass is 10.1. The minimum atomic E-state index is -2.89. The number of aromatic nitrogens is 3. The van der Waals surface area contributed by atoms with E-state index in [0.717, 1.165) is 22.6 Å². The van der Waals surface area contributed by atoms with Gasteiger partial charge in [0.05, 0.1) is 5.69 Å². The van der Waals surface area contributed by atoms with E-state index in [0.29, 0.717) is 17.5 Å². The fourth-order valence-electron chi connectivity index (χ4n) is 3.22. The molecule has 142 valence electrons. The minimum Gasteiger partial charge on any atom is -0.435 e. The lowest BCUT2D eigenvalue weighted by Gasteiger charge is -2.11. The van der Waals surface area contributed by atoms with E-state index < -0.39 is 12.6 Å². The third kappa shape index (κ3) is 3.55. The highest BCUT2D eigenvalue weighted by Gasteiger charge is 2.15. The van der Waals surface area contributed by atoms with Crippen LogP contribution >= 0.6 is 0 Å². The van der Waals surface area contributed by atoms with E-state index in [-0.39, 0.29) is 5.75 Å². The SMILES string of the molecule is Cc1nc2ccc(-c3ccnc(F)c3)cn2c1Cc1ccccc1OC(F)F. The molecule has 7 heteroatoms. The summed E-state index contributed by atoms with van der Waals surface area (Å²) in [5, 5.41) is 0. The third-order valence-electron chi connectivity index (χ3n) is 4.52. The second-order valence-corrected chi connectivity index (χ2v) is 6.32. The Kier molecular flexibility index (Phi) is 4.73. The molecule has 0 unspecified atom stereocenters. The van der Waals surface area contributed by atoms with Crippen LogP contribution in [0, 0.1) is 12.9 Å². The Morgan fingerprint density at radius 2 is 1.89 bits per heavy atom. The van der Waals surface area contributed by atoms with Crippen molar-refractivity contribution in [2.75, 3.05) is 0 Å². The summed E-state index contributed by atoms with van der Waals surface area (Å²) in [4.78, 5) is 8.12. The Morgan fingerprint density at radius 3 is 2.68 bits per heavy atom. The molecule has 3 aromatic heterocycles. The average Bonchev–Trinajstić information content (AvgIpc) is 2.97. The van der Waals surface area contributed by atoms with E-state index in [4.69, 9.17) is 0 Å². The molecule has 4 rings (SSSR count).